The van der Waals surface area contributed by atoms with Gasteiger partial charge in [0.25, 0.3) is 0 Å². The van der Waals surface area contributed by atoms with E-state index >= 15 is 0 Å². The zero-order valence-electron chi connectivity index (χ0n) is 10.2. The summed E-state index contributed by atoms with van der Waals surface area (Å²) >= 11 is 3.35. The van der Waals surface area contributed by atoms with Crippen LogP contribution < -0.4 is 4.74 Å². The lowest BCUT2D eigenvalue weighted by Gasteiger charge is -2.11. The normalized spacial score (nSPS) is 9.89. The van der Waals surface area contributed by atoms with Crippen LogP contribution in [-0.4, -0.2) is 0 Å². The Morgan fingerprint density at radius 3 is 2.56 bits per heavy atom. The molecule has 0 spiro atoms. The van der Waals surface area contributed by atoms with Crippen molar-refractivity contribution in [2.24, 2.45) is 0 Å². The number of nitrogens with zero attached hydrogens (tertiary/aromatic N) is 1. The van der Waals surface area contributed by atoms with Crippen molar-refractivity contribution in [3.05, 3.63) is 57.6 Å². The molecule has 2 aromatic rings. The van der Waals surface area contributed by atoms with Gasteiger partial charge in [-0.2, -0.15) is 5.26 Å². The van der Waals surface area contributed by atoms with Gasteiger partial charge in [-0.15, -0.1) is 0 Å². The van der Waals surface area contributed by atoms with Crippen molar-refractivity contribution in [2.75, 3.05) is 0 Å². The fourth-order valence-corrected chi connectivity index (χ4v) is 2.17. The van der Waals surface area contributed by atoms with Gasteiger partial charge in [-0.05, 0) is 53.5 Å². The van der Waals surface area contributed by atoms with Gasteiger partial charge in [-0.25, -0.2) is 0 Å². The van der Waals surface area contributed by atoms with Crippen LogP contribution in [0.4, 0.5) is 0 Å². The summed E-state index contributed by atoms with van der Waals surface area (Å²) in [7, 11) is 0. The molecule has 0 aliphatic carbocycles. The van der Waals surface area contributed by atoms with Crippen LogP contribution in [0.2, 0.25) is 0 Å². The predicted molar refractivity (Wildman–Crippen MR) is 74.8 cm³/mol. The molecule has 2 aromatic carbocycles. The third-order valence-corrected chi connectivity index (χ3v) is 3.30. The Kier molecular flexibility index (Phi) is 3.69. The van der Waals surface area contributed by atoms with Crippen LogP contribution in [0.15, 0.2) is 40.9 Å². The van der Waals surface area contributed by atoms with Crippen molar-refractivity contribution in [1.29, 1.82) is 5.26 Å². The highest BCUT2D eigenvalue weighted by molar-refractivity contribution is 9.10. The Labute approximate surface area is 115 Å². The topological polar surface area (TPSA) is 33.0 Å². The van der Waals surface area contributed by atoms with E-state index in [4.69, 9.17) is 10.00 Å². The molecule has 0 saturated heterocycles. The largest absolute Gasteiger partial charge is 0.456 e. The average Bonchev–Trinajstić information content (AvgIpc) is 2.33. The molecule has 0 aliphatic heterocycles. The van der Waals surface area contributed by atoms with E-state index < -0.39 is 0 Å². The summed E-state index contributed by atoms with van der Waals surface area (Å²) in [6.45, 7) is 4.03. The van der Waals surface area contributed by atoms with Crippen LogP contribution >= 0.6 is 15.9 Å². The molecule has 18 heavy (non-hydrogen) atoms. The lowest BCUT2D eigenvalue weighted by molar-refractivity contribution is 0.477. The van der Waals surface area contributed by atoms with Gasteiger partial charge in [-0.3, -0.25) is 0 Å². The maximum absolute atomic E-state index is 9.13. The minimum atomic E-state index is 0.512. The molecule has 0 aromatic heterocycles. The van der Waals surface area contributed by atoms with E-state index in [1.165, 1.54) is 5.56 Å². The molecule has 0 radical (unpaired) electrons. The molecule has 0 unspecified atom stereocenters. The maximum Gasteiger partial charge on any atom is 0.146 e. The molecule has 0 amide bonds. The Morgan fingerprint density at radius 1 is 1.11 bits per heavy atom. The lowest BCUT2D eigenvalue weighted by Crippen LogP contribution is -1.91. The molecule has 0 fully saturated rings. The van der Waals surface area contributed by atoms with Crippen LogP contribution in [-0.2, 0) is 0 Å². The number of rotatable bonds is 2. The molecule has 0 aliphatic rings. The number of hydrogen-bond acceptors (Lipinski definition) is 2. The monoisotopic (exact) mass is 301 g/mol. The van der Waals surface area contributed by atoms with E-state index in [2.05, 4.69) is 28.1 Å². The summed E-state index contributed by atoms with van der Waals surface area (Å²) in [4.78, 5) is 0. The number of hydrogen-bond donors (Lipinski definition) is 0. The second kappa shape index (κ2) is 5.24. The quantitative estimate of drug-likeness (QED) is 0.803. The number of ether oxygens (including phenoxy) is 1. The lowest BCUT2D eigenvalue weighted by atomic mass is 10.1. The smallest absolute Gasteiger partial charge is 0.146 e. The van der Waals surface area contributed by atoms with Crippen LogP contribution in [0.3, 0.4) is 0 Å². The van der Waals surface area contributed by atoms with Gasteiger partial charge in [0.2, 0.25) is 0 Å². The summed E-state index contributed by atoms with van der Waals surface area (Å²) in [5, 5.41) is 9.13. The Balaban J connectivity index is 2.41. The Morgan fingerprint density at radius 2 is 1.89 bits per heavy atom. The minimum Gasteiger partial charge on any atom is -0.456 e. The van der Waals surface area contributed by atoms with Gasteiger partial charge < -0.3 is 4.74 Å². The summed E-state index contributed by atoms with van der Waals surface area (Å²) in [5.41, 5.74) is 2.76. The van der Waals surface area contributed by atoms with E-state index in [0.717, 1.165) is 15.8 Å². The van der Waals surface area contributed by atoms with E-state index in [0.29, 0.717) is 11.3 Å². The standard InChI is InChI=1S/C15H12BrNO/c1-10-6-7-14(11(2)8-10)18-15-5-3-4-13(16)12(15)9-17/h3-8H,1-2H3. The van der Waals surface area contributed by atoms with Crippen LogP contribution in [0.1, 0.15) is 16.7 Å². The number of benzene rings is 2. The molecule has 0 atom stereocenters. The third-order valence-electron chi connectivity index (χ3n) is 2.64. The van der Waals surface area contributed by atoms with E-state index in [-0.39, 0.29) is 0 Å². The molecule has 0 saturated carbocycles. The first-order chi connectivity index (χ1) is 8.61. The highest BCUT2D eigenvalue weighted by Crippen LogP contribution is 2.31. The maximum atomic E-state index is 9.13. The van der Waals surface area contributed by atoms with Crippen molar-refractivity contribution in [3.63, 3.8) is 0 Å². The molecular formula is C15H12BrNO. The second-order valence-corrected chi connectivity index (χ2v) is 4.95. The van der Waals surface area contributed by atoms with Gasteiger partial charge in [0.05, 0.1) is 0 Å². The zero-order chi connectivity index (χ0) is 13.1. The number of halogens is 1. The molecule has 3 heteroatoms. The van der Waals surface area contributed by atoms with Crippen molar-refractivity contribution < 1.29 is 4.74 Å². The van der Waals surface area contributed by atoms with Gasteiger partial charge in [-0.1, -0.05) is 23.8 Å². The first-order valence-electron chi connectivity index (χ1n) is 5.55. The summed E-state index contributed by atoms with van der Waals surface area (Å²) < 4.78 is 6.56. The third kappa shape index (κ3) is 2.55. The molecule has 0 heterocycles. The first kappa shape index (κ1) is 12.7. The fraction of sp³-hybridized carbons (Fsp3) is 0.133. The van der Waals surface area contributed by atoms with Gasteiger partial charge in [0.1, 0.15) is 23.1 Å². The zero-order valence-corrected chi connectivity index (χ0v) is 11.8. The molecule has 0 N–H and O–H groups in total. The molecule has 2 rings (SSSR count). The van der Waals surface area contributed by atoms with Crippen LogP contribution in [0.5, 0.6) is 11.5 Å². The molecule has 90 valence electrons. The summed E-state index contributed by atoms with van der Waals surface area (Å²) in [6.07, 6.45) is 0. The molecule has 0 bridgehead atoms. The van der Waals surface area contributed by atoms with Crippen molar-refractivity contribution in [3.8, 4) is 17.6 Å². The minimum absolute atomic E-state index is 0.512. The van der Waals surface area contributed by atoms with E-state index in [1.807, 2.05) is 38.1 Å². The number of aryl methyl sites for hydroxylation is 2. The van der Waals surface area contributed by atoms with Gasteiger partial charge in [0, 0.05) is 4.47 Å². The number of nitriles is 1. The molecule has 2 nitrogen and oxygen atoms in total. The van der Waals surface area contributed by atoms with E-state index in [1.54, 1.807) is 6.07 Å². The predicted octanol–water partition coefficient (Wildman–Crippen LogP) is 4.73. The van der Waals surface area contributed by atoms with Crippen LogP contribution in [0, 0.1) is 25.2 Å². The Hall–Kier alpha value is -1.79. The second-order valence-electron chi connectivity index (χ2n) is 4.10. The van der Waals surface area contributed by atoms with Crippen molar-refractivity contribution >= 4 is 15.9 Å². The van der Waals surface area contributed by atoms with Gasteiger partial charge >= 0.3 is 0 Å². The summed E-state index contributed by atoms with van der Waals surface area (Å²) in [5.74, 6) is 1.34. The average molecular weight is 302 g/mol. The highest BCUT2D eigenvalue weighted by atomic mass is 79.9. The van der Waals surface area contributed by atoms with Crippen LogP contribution in [0.25, 0.3) is 0 Å². The highest BCUT2D eigenvalue weighted by Gasteiger charge is 2.09. The van der Waals surface area contributed by atoms with Crippen molar-refractivity contribution in [1.82, 2.24) is 0 Å². The summed E-state index contributed by atoms with van der Waals surface area (Å²) in [6, 6.07) is 13.6. The Bertz CT molecular complexity index is 629. The SMILES string of the molecule is Cc1ccc(Oc2cccc(Br)c2C#N)c(C)c1. The van der Waals surface area contributed by atoms with E-state index in [9.17, 15) is 0 Å². The molecular weight excluding hydrogens is 290 g/mol. The first-order valence-corrected chi connectivity index (χ1v) is 6.35. The van der Waals surface area contributed by atoms with Crippen molar-refractivity contribution in [2.45, 2.75) is 13.8 Å². The fourth-order valence-electron chi connectivity index (χ4n) is 1.73. The van der Waals surface area contributed by atoms with Gasteiger partial charge in [0.15, 0.2) is 0 Å².